The largest absolute Gasteiger partial charge is 0.344 e. The number of rotatable bonds is 8. The average molecular weight is 513 g/mol. The number of anilines is 1. The summed E-state index contributed by atoms with van der Waals surface area (Å²) in [4.78, 5) is 13.7. The number of carbonyl (C=O) groups is 1. The highest BCUT2D eigenvalue weighted by Crippen LogP contribution is 2.27. The zero-order valence-corrected chi connectivity index (χ0v) is 22.4. The number of benzene rings is 4. The second-order valence-electron chi connectivity index (χ2n) is 9.42. The predicted molar refractivity (Wildman–Crippen MR) is 149 cm³/mol. The van der Waals surface area contributed by atoms with Crippen LogP contribution in [-0.4, -0.2) is 20.9 Å². The van der Waals surface area contributed by atoms with Gasteiger partial charge in [0.2, 0.25) is 5.91 Å². The van der Waals surface area contributed by atoms with Crippen LogP contribution in [0.1, 0.15) is 39.4 Å². The molecule has 5 nitrogen and oxygen atoms in total. The fourth-order valence-corrected chi connectivity index (χ4v) is 5.55. The third-order valence-corrected chi connectivity index (χ3v) is 8.31. The molecule has 0 bridgehead atoms. The maximum Gasteiger partial charge on any atom is 0.264 e. The zero-order valence-electron chi connectivity index (χ0n) is 21.6. The van der Waals surface area contributed by atoms with Gasteiger partial charge in [-0.25, -0.2) is 8.42 Å². The molecule has 0 aliphatic carbocycles. The molecule has 1 amide bonds. The van der Waals surface area contributed by atoms with E-state index in [0.717, 1.165) is 33.4 Å². The minimum Gasteiger partial charge on any atom is -0.344 e. The Morgan fingerprint density at radius 3 is 1.89 bits per heavy atom. The standard InChI is InChI=1S/C31H32N2O3S/c1-22-10-15-27(16-11-22)31(26-8-6-5-7-9-26)32-30(34)21-33(28-17-14-24(3)25(4)20-28)37(35,36)29-18-12-23(2)13-19-29/h5-20,31H,21H2,1-4H3,(H,32,34)/t31-/m0/s1. The van der Waals surface area contributed by atoms with E-state index in [2.05, 4.69) is 5.32 Å². The van der Waals surface area contributed by atoms with Crippen LogP contribution in [0.4, 0.5) is 5.69 Å². The van der Waals surface area contributed by atoms with Gasteiger partial charge < -0.3 is 5.32 Å². The van der Waals surface area contributed by atoms with Crippen molar-refractivity contribution in [2.75, 3.05) is 10.8 Å². The highest BCUT2D eigenvalue weighted by Gasteiger charge is 2.28. The van der Waals surface area contributed by atoms with E-state index in [9.17, 15) is 13.2 Å². The normalized spacial score (nSPS) is 12.1. The third-order valence-electron chi connectivity index (χ3n) is 6.52. The lowest BCUT2D eigenvalue weighted by Crippen LogP contribution is -2.42. The van der Waals surface area contributed by atoms with Crippen molar-refractivity contribution >= 4 is 21.6 Å². The highest BCUT2D eigenvalue weighted by molar-refractivity contribution is 7.92. The van der Waals surface area contributed by atoms with E-state index in [1.807, 2.05) is 94.4 Å². The average Bonchev–Trinajstić information content (AvgIpc) is 2.89. The number of hydrogen-bond acceptors (Lipinski definition) is 3. The molecule has 37 heavy (non-hydrogen) atoms. The number of carbonyl (C=O) groups excluding carboxylic acids is 1. The molecule has 190 valence electrons. The van der Waals surface area contributed by atoms with Gasteiger partial charge in [0.1, 0.15) is 6.54 Å². The van der Waals surface area contributed by atoms with Crippen LogP contribution in [0.3, 0.4) is 0 Å². The van der Waals surface area contributed by atoms with Crippen molar-refractivity contribution in [3.63, 3.8) is 0 Å². The molecule has 4 aromatic rings. The van der Waals surface area contributed by atoms with Crippen molar-refractivity contribution < 1.29 is 13.2 Å². The lowest BCUT2D eigenvalue weighted by molar-refractivity contribution is -0.120. The number of nitrogens with zero attached hydrogens (tertiary/aromatic N) is 1. The van der Waals surface area contributed by atoms with Crippen molar-refractivity contribution in [2.24, 2.45) is 0 Å². The summed E-state index contributed by atoms with van der Waals surface area (Å²) in [6.45, 7) is 7.46. The fourth-order valence-electron chi connectivity index (χ4n) is 4.13. The summed E-state index contributed by atoms with van der Waals surface area (Å²) >= 11 is 0. The van der Waals surface area contributed by atoms with Gasteiger partial charge in [0.05, 0.1) is 16.6 Å². The maximum absolute atomic E-state index is 13.8. The minimum absolute atomic E-state index is 0.141. The molecule has 0 spiro atoms. The van der Waals surface area contributed by atoms with E-state index in [1.165, 1.54) is 4.31 Å². The van der Waals surface area contributed by atoms with Gasteiger partial charge in [0, 0.05) is 0 Å². The minimum atomic E-state index is -3.99. The van der Waals surface area contributed by atoms with Crippen LogP contribution in [-0.2, 0) is 14.8 Å². The van der Waals surface area contributed by atoms with Crippen LogP contribution in [0.5, 0.6) is 0 Å². The molecule has 1 N–H and O–H groups in total. The monoisotopic (exact) mass is 512 g/mol. The Morgan fingerprint density at radius 2 is 1.30 bits per heavy atom. The van der Waals surface area contributed by atoms with Gasteiger partial charge in [0.15, 0.2) is 0 Å². The Labute approximate surface area is 219 Å². The van der Waals surface area contributed by atoms with Crippen LogP contribution in [0.15, 0.2) is 102 Å². The van der Waals surface area contributed by atoms with Crippen LogP contribution in [0, 0.1) is 27.7 Å². The highest BCUT2D eigenvalue weighted by atomic mass is 32.2. The first-order valence-electron chi connectivity index (χ1n) is 12.2. The molecule has 0 aliphatic heterocycles. The van der Waals surface area contributed by atoms with Gasteiger partial charge in [-0.05, 0) is 74.2 Å². The summed E-state index contributed by atoms with van der Waals surface area (Å²) in [5.41, 5.74) is 6.35. The topological polar surface area (TPSA) is 66.5 Å². The van der Waals surface area contributed by atoms with E-state index in [4.69, 9.17) is 0 Å². The Kier molecular flexibility index (Phi) is 7.79. The second-order valence-corrected chi connectivity index (χ2v) is 11.3. The predicted octanol–water partition coefficient (Wildman–Crippen LogP) is 6.02. The molecule has 0 aliphatic rings. The van der Waals surface area contributed by atoms with Gasteiger partial charge in [-0.3, -0.25) is 9.10 Å². The van der Waals surface area contributed by atoms with Crippen molar-refractivity contribution in [3.05, 3.63) is 130 Å². The Bertz CT molecular complexity index is 1480. The molecular weight excluding hydrogens is 480 g/mol. The Morgan fingerprint density at radius 1 is 0.730 bits per heavy atom. The van der Waals surface area contributed by atoms with Gasteiger partial charge >= 0.3 is 0 Å². The molecule has 0 unspecified atom stereocenters. The summed E-state index contributed by atoms with van der Waals surface area (Å²) in [5, 5.41) is 3.08. The Hall–Kier alpha value is -3.90. The smallest absolute Gasteiger partial charge is 0.264 e. The van der Waals surface area contributed by atoms with Crippen molar-refractivity contribution in [2.45, 2.75) is 38.6 Å². The summed E-state index contributed by atoms with van der Waals surface area (Å²) in [6.07, 6.45) is 0. The van der Waals surface area contributed by atoms with Crippen molar-refractivity contribution in [1.82, 2.24) is 5.32 Å². The first-order chi connectivity index (χ1) is 17.6. The molecule has 0 heterocycles. The third kappa shape index (κ3) is 6.09. The summed E-state index contributed by atoms with van der Waals surface area (Å²) in [7, 11) is -3.99. The Balaban J connectivity index is 1.70. The second kappa shape index (κ2) is 11.0. The molecule has 4 rings (SSSR count). The molecule has 0 saturated heterocycles. The van der Waals surface area contributed by atoms with E-state index < -0.39 is 22.0 Å². The maximum atomic E-state index is 13.8. The molecule has 6 heteroatoms. The van der Waals surface area contributed by atoms with Gasteiger partial charge in [-0.15, -0.1) is 0 Å². The van der Waals surface area contributed by atoms with Gasteiger partial charge in [-0.2, -0.15) is 0 Å². The molecule has 0 aromatic heterocycles. The summed E-state index contributed by atoms with van der Waals surface area (Å²) < 4.78 is 28.8. The van der Waals surface area contributed by atoms with E-state index in [-0.39, 0.29) is 11.4 Å². The molecule has 0 saturated carbocycles. The molecule has 0 fully saturated rings. The SMILES string of the molecule is Cc1ccc([C@@H](NC(=O)CN(c2ccc(C)c(C)c2)S(=O)(=O)c2ccc(C)cc2)c2ccccc2)cc1. The summed E-state index contributed by atoms with van der Waals surface area (Å²) in [5.74, 6) is -0.400. The van der Waals surface area contributed by atoms with E-state index in [0.29, 0.717) is 5.69 Å². The number of amides is 1. The first kappa shape index (κ1) is 26.2. The number of aryl methyl sites for hydroxylation is 4. The molecule has 0 radical (unpaired) electrons. The van der Waals surface area contributed by atoms with Crippen LogP contribution >= 0.6 is 0 Å². The van der Waals surface area contributed by atoms with Crippen LogP contribution < -0.4 is 9.62 Å². The van der Waals surface area contributed by atoms with Crippen molar-refractivity contribution in [1.29, 1.82) is 0 Å². The number of sulfonamides is 1. The van der Waals surface area contributed by atoms with Gasteiger partial charge in [-0.1, -0.05) is 83.9 Å². The fraction of sp³-hybridized carbons (Fsp3) is 0.194. The zero-order chi connectivity index (χ0) is 26.6. The number of hydrogen-bond donors (Lipinski definition) is 1. The first-order valence-corrected chi connectivity index (χ1v) is 13.7. The molecule has 4 aromatic carbocycles. The van der Waals surface area contributed by atoms with Gasteiger partial charge in [0.25, 0.3) is 10.0 Å². The summed E-state index contributed by atoms with van der Waals surface area (Å²) in [6, 6.07) is 29.3. The quantitative estimate of drug-likeness (QED) is 0.314. The van der Waals surface area contributed by atoms with Crippen LogP contribution in [0.2, 0.25) is 0 Å². The van der Waals surface area contributed by atoms with Crippen molar-refractivity contribution in [3.8, 4) is 0 Å². The lowest BCUT2D eigenvalue weighted by Gasteiger charge is -2.27. The van der Waals surface area contributed by atoms with E-state index >= 15 is 0 Å². The lowest BCUT2D eigenvalue weighted by atomic mass is 9.98. The molecular formula is C31H32N2O3S. The number of nitrogens with one attached hydrogen (secondary N) is 1. The van der Waals surface area contributed by atoms with E-state index in [1.54, 1.807) is 30.3 Å². The molecule has 1 atom stereocenters. The van der Waals surface area contributed by atoms with Crippen LogP contribution in [0.25, 0.3) is 0 Å².